The van der Waals surface area contributed by atoms with E-state index >= 15 is 0 Å². The van der Waals surface area contributed by atoms with Gasteiger partial charge >= 0.3 is 5.97 Å². The molecule has 2 fully saturated rings. The van der Waals surface area contributed by atoms with Gasteiger partial charge in [-0.3, -0.25) is 14.5 Å². The van der Waals surface area contributed by atoms with Gasteiger partial charge in [-0.15, -0.1) is 6.42 Å². The van der Waals surface area contributed by atoms with Gasteiger partial charge in [-0.25, -0.2) is 0 Å². The van der Waals surface area contributed by atoms with Crippen molar-refractivity contribution in [3.8, 4) is 12.3 Å². The van der Waals surface area contributed by atoms with Crippen molar-refractivity contribution in [3.63, 3.8) is 0 Å². The molecule has 21 heavy (non-hydrogen) atoms. The number of carbonyl (C=O) groups is 2. The largest absolute Gasteiger partial charge is 0.480 e. The van der Waals surface area contributed by atoms with Gasteiger partial charge in [0.05, 0.1) is 12.6 Å². The van der Waals surface area contributed by atoms with Gasteiger partial charge < -0.3 is 15.3 Å². The molecule has 0 saturated carbocycles. The predicted octanol–water partition coefficient (Wildman–Crippen LogP) is -0.251. The molecular weight excluding hydrogens is 270 g/mol. The first-order chi connectivity index (χ1) is 10.1. The second kappa shape index (κ2) is 7.43. The van der Waals surface area contributed by atoms with Crippen molar-refractivity contribution in [2.45, 2.75) is 37.8 Å². The Morgan fingerprint density at radius 2 is 2.05 bits per heavy atom. The number of carbonyl (C=O) groups excluding carboxylic acids is 1. The highest BCUT2D eigenvalue weighted by Crippen LogP contribution is 2.25. The Morgan fingerprint density at radius 1 is 1.33 bits per heavy atom. The van der Waals surface area contributed by atoms with Crippen LogP contribution in [0.5, 0.6) is 0 Å². The molecule has 1 amide bonds. The molecule has 2 N–H and O–H groups in total. The molecule has 0 bridgehead atoms. The minimum absolute atomic E-state index is 0.0572. The zero-order valence-corrected chi connectivity index (χ0v) is 12.3. The fourth-order valence-corrected chi connectivity index (χ4v) is 3.33. The first-order valence-corrected chi connectivity index (χ1v) is 7.54. The number of hydrogen-bond donors (Lipinski definition) is 2. The van der Waals surface area contributed by atoms with Gasteiger partial charge in [0.15, 0.2) is 0 Å². The number of nitrogens with zero attached hydrogens (tertiary/aromatic N) is 2. The van der Waals surface area contributed by atoms with Crippen molar-refractivity contribution >= 4 is 11.9 Å². The maximum atomic E-state index is 12.6. The van der Waals surface area contributed by atoms with Crippen LogP contribution in [0, 0.1) is 12.3 Å². The Morgan fingerprint density at radius 3 is 2.67 bits per heavy atom. The molecule has 2 aliphatic heterocycles. The van der Waals surface area contributed by atoms with Gasteiger partial charge in [0.1, 0.15) is 6.54 Å². The standard InChI is InChI=1S/C15H23N3O3/c1-2-9-17(11-14(19)20)15(21)13-4-3-10-18(13)12-5-7-16-8-6-12/h1,12-13,16H,3-11H2,(H,19,20). The van der Waals surface area contributed by atoms with Crippen LogP contribution in [0.25, 0.3) is 0 Å². The molecule has 0 radical (unpaired) electrons. The molecule has 6 heteroatoms. The summed E-state index contributed by atoms with van der Waals surface area (Å²) in [5.74, 6) is 1.23. The van der Waals surface area contributed by atoms with Gasteiger partial charge in [0, 0.05) is 6.04 Å². The summed E-state index contributed by atoms with van der Waals surface area (Å²) < 4.78 is 0. The van der Waals surface area contributed by atoms with Crippen LogP contribution in [-0.4, -0.2) is 71.6 Å². The lowest BCUT2D eigenvalue weighted by Crippen LogP contribution is -2.52. The van der Waals surface area contributed by atoms with Crippen LogP contribution in [0.3, 0.4) is 0 Å². The number of nitrogens with one attached hydrogen (secondary N) is 1. The Labute approximate surface area is 125 Å². The van der Waals surface area contributed by atoms with Gasteiger partial charge in [-0.2, -0.15) is 0 Å². The lowest BCUT2D eigenvalue weighted by molar-refractivity contribution is -0.146. The highest BCUT2D eigenvalue weighted by molar-refractivity contribution is 5.85. The maximum absolute atomic E-state index is 12.6. The zero-order valence-electron chi connectivity index (χ0n) is 12.3. The van der Waals surface area contributed by atoms with E-state index in [1.807, 2.05) is 0 Å². The minimum atomic E-state index is -1.02. The minimum Gasteiger partial charge on any atom is -0.480 e. The van der Waals surface area contributed by atoms with Crippen molar-refractivity contribution in [2.24, 2.45) is 0 Å². The average Bonchev–Trinajstić information content (AvgIpc) is 2.96. The SMILES string of the molecule is C#CCN(CC(=O)O)C(=O)C1CCCN1C1CCNCC1. The summed E-state index contributed by atoms with van der Waals surface area (Å²) in [5.41, 5.74) is 0. The van der Waals surface area contributed by atoms with Crippen LogP contribution in [0.1, 0.15) is 25.7 Å². The van der Waals surface area contributed by atoms with Crippen molar-refractivity contribution in [1.82, 2.24) is 15.1 Å². The Kier molecular flexibility index (Phi) is 5.59. The van der Waals surface area contributed by atoms with Gasteiger partial charge in [-0.1, -0.05) is 5.92 Å². The summed E-state index contributed by atoms with van der Waals surface area (Å²) in [6.45, 7) is 2.61. The smallest absolute Gasteiger partial charge is 0.323 e. The summed E-state index contributed by atoms with van der Waals surface area (Å²) in [7, 11) is 0. The van der Waals surface area contributed by atoms with E-state index in [1.165, 1.54) is 4.90 Å². The molecule has 1 atom stereocenters. The van der Waals surface area contributed by atoms with E-state index in [0.717, 1.165) is 45.3 Å². The monoisotopic (exact) mass is 293 g/mol. The molecule has 0 spiro atoms. The lowest BCUT2D eigenvalue weighted by atomic mass is 10.0. The number of terminal acetylenes is 1. The molecule has 0 aromatic carbocycles. The van der Waals surface area contributed by atoms with Crippen molar-refractivity contribution in [3.05, 3.63) is 0 Å². The highest BCUT2D eigenvalue weighted by atomic mass is 16.4. The summed E-state index contributed by atoms with van der Waals surface area (Å²) >= 11 is 0. The number of aliphatic carboxylic acids is 1. The van der Waals surface area contributed by atoms with Crippen LogP contribution in [0.15, 0.2) is 0 Å². The van der Waals surface area contributed by atoms with Gasteiger partial charge in [-0.05, 0) is 45.3 Å². The van der Waals surface area contributed by atoms with Gasteiger partial charge in [0.25, 0.3) is 0 Å². The summed E-state index contributed by atoms with van der Waals surface area (Å²) in [6, 6.07) is 0.209. The fourth-order valence-electron chi connectivity index (χ4n) is 3.33. The molecule has 0 aliphatic carbocycles. The third-order valence-electron chi connectivity index (χ3n) is 4.28. The van der Waals surface area contributed by atoms with Crippen LogP contribution in [-0.2, 0) is 9.59 Å². The van der Waals surface area contributed by atoms with E-state index in [0.29, 0.717) is 6.04 Å². The molecule has 2 saturated heterocycles. The van der Waals surface area contributed by atoms with Crippen molar-refractivity contribution < 1.29 is 14.7 Å². The fraction of sp³-hybridized carbons (Fsp3) is 0.733. The van der Waals surface area contributed by atoms with Crippen LogP contribution in [0.2, 0.25) is 0 Å². The molecule has 1 unspecified atom stereocenters. The lowest BCUT2D eigenvalue weighted by Gasteiger charge is -2.36. The second-order valence-corrected chi connectivity index (χ2v) is 5.67. The molecule has 0 aromatic heterocycles. The van der Waals surface area contributed by atoms with E-state index in [4.69, 9.17) is 11.5 Å². The number of carboxylic acids is 1. The number of carboxylic acid groups (broad SMARTS) is 1. The predicted molar refractivity (Wildman–Crippen MR) is 78.7 cm³/mol. The Hall–Kier alpha value is -1.58. The molecule has 116 valence electrons. The highest BCUT2D eigenvalue weighted by Gasteiger charge is 2.37. The number of rotatable bonds is 5. The molecule has 2 aliphatic rings. The summed E-state index contributed by atoms with van der Waals surface area (Å²) in [4.78, 5) is 27.1. The van der Waals surface area contributed by atoms with Crippen molar-refractivity contribution in [2.75, 3.05) is 32.7 Å². The number of likely N-dealkylation sites (tertiary alicyclic amines) is 1. The number of amides is 1. The molecule has 0 aromatic rings. The maximum Gasteiger partial charge on any atom is 0.323 e. The van der Waals surface area contributed by atoms with E-state index in [1.54, 1.807) is 0 Å². The third-order valence-corrected chi connectivity index (χ3v) is 4.28. The van der Waals surface area contributed by atoms with E-state index in [-0.39, 0.29) is 25.0 Å². The second-order valence-electron chi connectivity index (χ2n) is 5.67. The van der Waals surface area contributed by atoms with Crippen molar-refractivity contribution in [1.29, 1.82) is 0 Å². The summed E-state index contributed by atoms with van der Waals surface area (Å²) in [5, 5.41) is 12.3. The zero-order chi connectivity index (χ0) is 15.2. The van der Waals surface area contributed by atoms with Crippen LogP contribution < -0.4 is 5.32 Å². The normalized spacial score (nSPS) is 23.7. The summed E-state index contributed by atoms with van der Waals surface area (Å²) in [6.07, 6.45) is 9.12. The van der Waals surface area contributed by atoms with E-state index in [9.17, 15) is 9.59 Å². The first-order valence-electron chi connectivity index (χ1n) is 7.54. The third kappa shape index (κ3) is 3.96. The van der Waals surface area contributed by atoms with Gasteiger partial charge in [0.2, 0.25) is 5.91 Å². The van der Waals surface area contributed by atoms with Crippen LogP contribution >= 0.6 is 0 Å². The molecule has 6 nitrogen and oxygen atoms in total. The van der Waals surface area contributed by atoms with Crippen LogP contribution in [0.4, 0.5) is 0 Å². The topological polar surface area (TPSA) is 72.9 Å². The Balaban J connectivity index is 2.04. The quantitative estimate of drug-likeness (QED) is 0.684. The van der Waals surface area contributed by atoms with E-state index < -0.39 is 5.97 Å². The first kappa shape index (κ1) is 15.8. The number of hydrogen-bond acceptors (Lipinski definition) is 4. The molecule has 2 rings (SSSR count). The van der Waals surface area contributed by atoms with E-state index in [2.05, 4.69) is 16.1 Å². The molecular formula is C15H23N3O3. The number of piperidine rings is 1. The molecule has 2 heterocycles. The average molecular weight is 293 g/mol. The Bertz CT molecular complexity index is 426.